The molecule has 1 fully saturated rings. The number of hydrogen-bond acceptors (Lipinski definition) is 2. The van der Waals surface area contributed by atoms with E-state index in [-0.39, 0.29) is 12.5 Å². The fourth-order valence-corrected chi connectivity index (χ4v) is 3.15. The van der Waals surface area contributed by atoms with Crippen molar-refractivity contribution in [3.8, 4) is 0 Å². The molecule has 2 N–H and O–H groups in total. The van der Waals surface area contributed by atoms with E-state index in [1.165, 1.54) is 18.2 Å². The summed E-state index contributed by atoms with van der Waals surface area (Å²) < 4.78 is 13.5. The van der Waals surface area contributed by atoms with Gasteiger partial charge in [-0.05, 0) is 65.7 Å². The number of carbonyl (C=O) groups is 1. The fraction of sp³-hybridized carbons (Fsp3) is 0.533. The number of nitrogens with one attached hydrogen (secondary N) is 1. The molecule has 0 saturated heterocycles. The molecular formula is C15H19BrFNO2. The van der Waals surface area contributed by atoms with Crippen molar-refractivity contribution >= 4 is 21.8 Å². The molecule has 1 saturated carbocycles. The Morgan fingerprint density at radius 1 is 1.50 bits per heavy atom. The van der Waals surface area contributed by atoms with Crippen LogP contribution in [0.25, 0.3) is 0 Å². The van der Waals surface area contributed by atoms with Gasteiger partial charge in [-0.25, -0.2) is 4.39 Å². The summed E-state index contributed by atoms with van der Waals surface area (Å²) >= 11 is 3.20. The van der Waals surface area contributed by atoms with Crippen molar-refractivity contribution < 1.29 is 14.3 Å². The molecular weight excluding hydrogens is 325 g/mol. The van der Waals surface area contributed by atoms with Gasteiger partial charge in [0.25, 0.3) is 5.91 Å². The second-order valence-corrected chi connectivity index (χ2v) is 6.55. The molecule has 0 radical (unpaired) electrons. The Morgan fingerprint density at radius 2 is 2.15 bits per heavy atom. The van der Waals surface area contributed by atoms with Gasteiger partial charge in [0.1, 0.15) is 5.82 Å². The fourth-order valence-electron chi connectivity index (χ4n) is 2.62. The van der Waals surface area contributed by atoms with Gasteiger partial charge in [-0.1, -0.05) is 6.92 Å². The van der Waals surface area contributed by atoms with Gasteiger partial charge in [0.15, 0.2) is 0 Å². The maximum absolute atomic E-state index is 13.1. The van der Waals surface area contributed by atoms with Crippen molar-refractivity contribution in [3.63, 3.8) is 0 Å². The van der Waals surface area contributed by atoms with E-state index in [2.05, 4.69) is 28.2 Å². The third-order valence-corrected chi connectivity index (χ3v) is 4.74. The van der Waals surface area contributed by atoms with E-state index < -0.39 is 11.4 Å². The summed E-state index contributed by atoms with van der Waals surface area (Å²) in [4.78, 5) is 12.3. The van der Waals surface area contributed by atoms with Crippen molar-refractivity contribution in [2.75, 3.05) is 6.61 Å². The second-order valence-electron chi connectivity index (χ2n) is 5.70. The molecule has 110 valence electrons. The molecule has 0 aromatic heterocycles. The highest BCUT2D eigenvalue weighted by Gasteiger charge is 2.35. The van der Waals surface area contributed by atoms with Gasteiger partial charge in [0, 0.05) is 4.47 Å². The quantitative estimate of drug-likeness (QED) is 0.884. The first-order chi connectivity index (χ1) is 9.46. The maximum atomic E-state index is 13.1. The lowest BCUT2D eigenvalue weighted by Gasteiger charge is -2.38. The third kappa shape index (κ3) is 3.38. The largest absolute Gasteiger partial charge is 0.394 e. The Morgan fingerprint density at radius 3 is 2.70 bits per heavy atom. The highest BCUT2D eigenvalue weighted by Crippen LogP contribution is 2.32. The minimum Gasteiger partial charge on any atom is -0.394 e. The van der Waals surface area contributed by atoms with Gasteiger partial charge in [0.2, 0.25) is 0 Å². The molecule has 0 heterocycles. The van der Waals surface area contributed by atoms with Gasteiger partial charge in [-0.15, -0.1) is 0 Å². The molecule has 3 nitrogen and oxygen atoms in total. The van der Waals surface area contributed by atoms with Crippen molar-refractivity contribution in [1.82, 2.24) is 5.32 Å². The van der Waals surface area contributed by atoms with Crippen molar-refractivity contribution in [2.45, 2.75) is 38.1 Å². The highest BCUT2D eigenvalue weighted by molar-refractivity contribution is 9.10. The zero-order valence-corrected chi connectivity index (χ0v) is 13.0. The predicted octanol–water partition coefficient (Wildman–Crippen LogP) is 3.26. The first kappa shape index (κ1) is 15.4. The smallest absolute Gasteiger partial charge is 0.252 e. The van der Waals surface area contributed by atoms with Crippen LogP contribution < -0.4 is 5.32 Å². The minimum absolute atomic E-state index is 0.0652. The average molecular weight is 344 g/mol. The Kier molecular flexibility index (Phi) is 4.81. The second kappa shape index (κ2) is 6.22. The molecule has 0 unspecified atom stereocenters. The van der Waals surface area contributed by atoms with Crippen LogP contribution in [0.2, 0.25) is 0 Å². The molecule has 1 aromatic rings. The van der Waals surface area contributed by atoms with Crippen molar-refractivity contribution in [2.24, 2.45) is 5.92 Å². The minimum atomic E-state index is -0.544. The van der Waals surface area contributed by atoms with Crippen LogP contribution >= 0.6 is 15.9 Å². The molecule has 1 aliphatic carbocycles. The zero-order chi connectivity index (χ0) is 14.8. The van der Waals surface area contributed by atoms with Gasteiger partial charge in [-0.2, -0.15) is 0 Å². The lowest BCUT2D eigenvalue weighted by molar-refractivity contribution is 0.0716. The van der Waals surface area contributed by atoms with E-state index >= 15 is 0 Å². The standard InChI is InChI=1S/C15H19BrFNO2/c1-10-4-6-15(9-19,7-5-10)18-14(20)12-3-2-11(17)8-13(12)16/h2-3,8,10,19H,4-7,9H2,1H3,(H,18,20). The Hall–Kier alpha value is -0.940. The molecule has 20 heavy (non-hydrogen) atoms. The predicted molar refractivity (Wildman–Crippen MR) is 79.0 cm³/mol. The van der Waals surface area contributed by atoms with Gasteiger partial charge >= 0.3 is 0 Å². The number of carbonyl (C=O) groups excluding carboxylic acids is 1. The summed E-state index contributed by atoms with van der Waals surface area (Å²) in [5.41, 5.74) is -0.157. The van der Waals surface area contributed by atoms with E-state index in [1.54, 1.807) is 0 Å². The summed E-state index contributed by atoms with van der Waals surface area (Å²) in [7, 11) is 0. The SMILES string of the molecule is CC1CCC(CO)(NC(=O)c2ccc(F)cc2Br)CC1. The molecule has 2 rings (SSSR count). The molecule has 5 heteroatoms. The van der Waals surface area contributed by atoms with E-state index in [1.807, 2.05) is 0 Å². The first-order valence-corrected chi connectivity index (χ1v) is 7.63. The Bertz CT molecular complexity index is 499. The number of aliphatic hydroxyl groups is 1. The number of aliphatic hydroxyl groups excluding tert-OH is 1. The Balaban J connectivity index is 2.13. The van der Waals surface area contributed by atoms with Crippen LogP contribution in [0.1, 0.15) is 43.0 Å². The van der Waals surface area contributed by atoms with Crippen LogP contribution in [0, 0.1) is 11.7 Å². The third-order valence-electron chi connectivity index (χ3n) is 4.09. The van der Waals surface area contributed by atoms with Crippen LogP contribution in [-0.4, -0.2) is 23.2 Å². The van der Waals surface area contributed by atoms with Crippen LogP contribution in [0.5, 0.6) is 0 Å². The van der Waals surface area contributed by atoms with E-state index in [0.29, 0.717) is 16.0 Å². The van der Waals surface area contributed by atoms with E-state index in [9.17, 15) is 14.3 Å². The van der Waals surface area contributed by atoms with Crippen molar-refractivity contribution in [3.05, 3.63) is 34.1 Å². The number of benzene rings is 1. The van der Waals surface area contributed by atoms with Crippen molar-refractivity contribution in [1.29, 1.82) is 0 Å². The van der Waals surface area contributed by atoms with Crippen LogP contribution in [0.3, 0.4) is 0 Å². The topological polar surface area (TPSA) is 49.3 Å². The lowest BCUT2D eigenvalue weighted by atomic mass is 9.77. The molecule has 0 bridgehead atoms. The van der Waals surface area contributed by atoms with Crippen LogP contribution in [-0.2, 0) is 0 Å². The number of hydrogen-bond donors (Lipinski definition) is 2. The molecule has 0 aliphatic heterocycles. The summed E-state index contributed by atoms with van der Waals surface area (Å²) in [5.74, 6) is -0.0404. The van der Waals surface area contributed by atoms with Gasteiger partial charge in [0.05, 0.1) is 17.7 Å². The van der Waals surface area contributed by atoms with Crippen LogP contribution in [0.4, 0.5) is 4.39 Å². The van der Waals surface area contributed by atoms with Gasteiger partial charge < -0.3 is 10.4 Å². The molecule has 1 aromatic carbocycles. The lowest BCUT2D eigenvalue weighted by Crippen LogP contribution is -2.53. The maximum Gasteiger partial charge on any atom is 0.252 e. The summed E-state index contributed by atoms with van der Waals surface area (Å²) in [5, 5.41) is 12.6. The normalized spacial score (nSPS) is 26.3. The highest BCUT2D eigenvalue weighted by atomic mass is 79.9. The summed E-state index contributed by atoms with van der Waals surface area (Å²) in [6, 6.07) is 3.98. The first-order valence-electron chi connectivity index (χ1n) is 6.84. The average Bonchev–Trinajstić information content (AvgIpc) is 2.41. The Labute approximate surface area is 126 Å². The van der Waals surface area contributed by atoms with Gasteiger partial charge in [-0.3, -0.25) is 4.79 Å². The van der Waals surface area contributed by atoms with E-state index in [0.717, 1.165) is 25.7 Å². The molecule has 0 spiro atoms. The number of amides is 1. The molecule has 1 amide bonds. The summed E-state index contributed by atoms with van der Waals surface area (Å²) in [6.07, 6.45) is 3.53. The molecule has 1 aliphatic rings. The monoisotopic (exact) mass is 343 g/mol. The summed E-state index contributed by atoms with van der Waals surface area (Å²) in [6.45, 7) is 2.12. The van der Waals surface area contributed by atoms with E-state index in [4.69, 9.17) is 0 Å². The number of rotatable bonds is 3. The molecule has 0 atom stereocenters. The number of halogens is 2. The van der Waals surface area contributed by atoms with Crippen LogP contribution in [0.15, 0.2) is 22.7 Å². The zero-order valence-electron chi connectivity index (χ0n) is 11.5.